The van der Waals surface area contributed by atoms with Crippen LogP contribution in [0.5, 0.6) is 0 Å². The van der Waals surface area contributed by atoms with Crippen molar-refractivity contribution in [3.63, 3.8) is 0 Å². The zero-order valence-corrected chi connectivity index (χ0v) is 16.2. The molecule has 0 saturated carbocycles. The largest absolute Gasteiger partial charge is 0.479 e. The number of carbonyl (C=O) groups excluding carboxylic acids is 1. The minimum absolute atomic E-state index is 0.157. The van der Waals surface area contributed by atoms with Crippen molar-refractivity contribution in [1.29, 1.82) is 0 Å². The molecular formula is C15H31NO5Si. The monoisotopic (exact) mass is 333 g/mol. The van der Waals surface area contributed by atoms with Gasteiger partial charge in [-0.2, -0.15) is 0 Å². The van der Waals surface area contributed by atoms with Gasteiger partial charge in [0.25, 0.3) is 0 Å². The maximum Gasteiger partial charge on any atom is 0.407 e. The number of nitrogens with one attached hydrogen (secondary N) is 1. The molecule has 0 aromatic heterocycles. The van der Waals surface area contributed by atoms with E-state index in [9.17, 15) is 14.7 Å². The van der Waals surface area contributed by atoms with Gasteiger partial charge in [0.2, 0.25) is 0 Å². The van der Waals surface area contributed by atoms with Crippen molar-refractivity contribution >= 4 is 21.1 Å². The molecule has 0 spiro atoms. The fraction of sp³-hybridized carbons (Fsp3) is 0.867. The Hall–Kier alpha value is -1.08. The molecule has 0 aliphatic carbocycles. The second kappa shape index (κ2) is 7.96. The third kappa shape index (κ3) is 9.78. The van der Waals surface area contributed by atoms with Crippen LogP contribution in [0, 0.1) is 5.41 Å². The number of carbonyl (C=O) groups is 2. The zero-order valence-electron chi connectivity index (χ0n) is 15.0. The van der Waals surface area contributed by atoms with Crippen LogP contribution in [0.4, 0.5) is 4.79 Å². The highest BCUT2D eigenvalue weighted by atomic mass is 28.3. The highest BCUT2D eigenvalue weighted by molar-refractivity contribution is 6.48. The molecule has 1 amide bonds. The molecule has 2 unspecified atom stereocenters. The van der Waals surface area contributed by atoms with Gasteiger partial charge >= 0.3 is 12.1 Å². The number of carboxylic acid groups (broad SMARTS) is 1. The maximum atomic E-state index is 12.0. The van der Waals surface area contributed by atoms with Gasteiger partial charge < -0.3 is 19.6 Å². The Balaban J connectivity index is 5.17. The first kappa shape index (κ1) is 20.9. The third-order valence-corrected chi connectivity index (χ3v) is 3.40. The Morgan fingerprint density at radius 3 is 1.95 bits per heavy atom. The number of rotatable bonds is 6. The zero-order chi connectivity index (χ0) is 17.7. The van der Waals surface area contributed by atoms with Gasteiger partial charge in [0, 0.05) is 0 Å². The molecule has 0 rings (SSSR count). The summed E-state index contributed by atoms with van der Waals surface area (Å²) in [4.78, 5) is 23.5. The van der Waals surface area contributed by atoms with Gasteiger partial charge in [0.15, 0.2) is 15.1 Å². The summed E-state index contributed by atoms with van der Waals surface area (Å²) in [6.07, 6.45) is -1.20. The van der Waals surface area contributed by atoms with Crippen LogP contribution in [0.3, 0.4) is 0 Å². The SMILES string of the molecule is C[SiH](C)OC(C(=O)O)C(CC(C)(C)C)NC(=O)OC(C)(C)C. The highest BCUT2D eigenvalue weighted by Crippen LogP contribution is 2.24. The van der Waals surface area contributed by atoms with Crippen molar-refractivity contribution in [2.45, 2.75) is 78.8 Å². The van der Waals surface area contributed by atoms with E-state index in [0.29, 0.717) is 6.42 Å². The van der Waals surface area contributed by atoms with Gasteiger partial charge in [-0.3, -0.25) is 0 Å². The Labute approximate surface area is 135 Å². The van der Waals surface area contributed by atoms with Crippen molar-refractivity contribution in [3.8, 4) is 0 Å². The number of hydrogen-bond donors (Lipinski definition) is 2. The number of alkyl carbamates (subject to hydrolysis) is 1. The van der Waals surface area contributed by atoms with E-state index in [1.54, 1.807) is 20.8 Å². The smallest absolute Gasteiger partial charge is 0.407 e. The second-order valence-corrected chi connectivity index (χ2v) is 10.3. The van der Waals surface area contributed by atoms with E-state index in [1.807, 2.05) is 33.9 Å². The molecule has 0 aliphatic heterocycles. The Bertz CT molecular complexity index is 384. The van der Waals surface area contributed by atoms with Crippen molar-refractivity contribution in [1.82, 2.24) is 5.32 Å². The summed E-state index contributed by atoms with van der Waals surface area (Å²) in [7, 11) is -1.57. The molecule has 7 heteroatoms. The average molecular weight is 334 g/mol. The summed E-state index contributed by atoms with van der Waals surface area (Å²) in [5.74, 6) is -1.06. The lowest BCUT2D eigenvalue weighted by Gasteiger charge is -2.32. The van der Waals surface area contributed by atoms with Crippen LogP contribution in [-0.4, -0.2) is 44.0 Å². The molecule has 0 aliphatic rings. The lowest BCUT2D eigenvalue weighted by atomic mass is 9.86. The van der Waals surface area contributed by atoms with Gasteiger partial charge in [-0.15, -0.1) is 0 Å². The van der Waals surface area contributed by atoms with Crippen molar-refractivity contribution in [3.05, 3.63) is 0 Å². The van der Waals surface area contributed by atoms with Crippen LogP contribution in [0.15, 0.2) is 0 Å². The molecule has 130 valence electrons. The lowest BCUT2D eigenvalue weighted by Crippen LogP contribution is -2.52. The fourth-order valence-electron chi connectivity index (χ4n) is 1.97. The van der Waals surface area contributed by atoms with E-state index >= 15 is 0 Å². The first-order valence-corrected chi connectivity index (χ1v) is 10.4. The highest BCUT2D eigenvalue weighted by Gasteiger charge is 2.35. The summed E-state index contributed by atoms with van der Waals surface area (Å²) >= 11 is 0. The Morgan fingerprint density at radius 2 is 1.64 bits per heavy atom. The van der Waals surface area contributed by atoms with E-state index in [4.69, 9.17) is 9.16 Å². The standard InChI is InChI=1S/C15H31NO5Si/c1-14(2,3)9-10(11(12(17)18)21-22(7)8)16-13(19)20-15(4,5)6/h10-11,22H,9H2,1-8H3,(H,16,19)(H,17,18). The summed E-state index contributed by atoms with van der Waals surface area (Å²) in [5.41, 5.74) is -0.794. The van der Waals surface area contributed by atoms with Crippen molar-refractivity contribution in [2.75, 3.05) is 0 Å². The molecular weight excluding hydrogens is 302 g/mol. The van der Waals surface area contributed by atoms with Crippen LogP contribution < -0.4 is 5.32 Å². The molecule has 0 aromatic carbocycles. The first-order valence-electron chi connectivity index (χ1n) is 7.59. The number of carboxylic acids is 1. The number of hydrogen-bond acceptors (Lipinski definition) is 4. The van der Waals surface area contributed by atoms with Crippen molar-refractivity contribution in [2.24, 2.45) is 5.41 Å². The summed E-state index contributed by atoms with van der Waals surface area (Å²) in [6, 6.07) is -0.637. The molecule has 0 heterocycles. The van der Waals surface area contributed by atoms with E-state index in [0.717, 1.165) is 0 Å². The predicted octanol–water partition coefficient (Wildman–Crippen LogP) is 2.77. The van der Waals surface area contributed by atoms with E-state index in [1.165, 1.54) is 0 Å². The number of ether oxygens (including phenoxy) is 1. The molecule has 22 heavy (non-hydrogen) atoms. The third-order valence-electron chi connectivity index (χ3n) is 2.56. The lowest BCUT2D eigenvalue weighted by molar-refractivity contribution is -0.147. The molecule has 0 radical (unpaired) electrons. The van der Waals surface area contributed by atoms with Crippen LogP contribution in [-0.2, 0) is 14.0 Å². The molecule has 0 saturated heterocycles. The minimum Gasteiger partial charge on any atom is -0.479 e. The van der Waals surface area contributed by atoms with Gasteiger partial charge in [0.05, 0.1) is 6.04 Å². The Morgan fingerprint density at radius 1 is 1.14 bits per heavy atom. The second-order valence-electron chi connectivity index (χ2n) is 7.96. The van der Waals surface area contributed by atoms with Gasteiger partial charge in [0.1, 0.15) is 5.60 Å². The van der Waals surface area contributed by atoms with Crippen LogP contribution in [0.25, 0.3) is 0 Å². The molecule has 2 N–H and O–H groups in total. The van der Waals surface area contributed by atoms with Crippen LogP contribution in [0.1, 0.15) is 48.0 Å². The van der Waals surface area contributed by atoms with Gasteiger partial charge in [-0.1, -0.05) is 20.8 Å². The predicted molar refractivity (Wildman–Crippen MR) is 88.6 cm³/mol. The number of amides is 1. The van der Waals surface area contributed by atoms with Crippen LogP contribution in [0.2, 0.25) is 13.1 Å². The number of aliphatic carboxylic acids is 1. The molecule has 0 fully saturated rings. The normalized spacial score (nSPS) is 15.3. The van der Waals surface area contributed by atoms with E-state index in [2.05, 4.69) is 5.32 Å². The summed E-state index contributed by atoms with van der Waals surface area (Å²) in [5, 5.41) is 12.1. The molecule has 0 aromatic rings. The molecule has 2 atom stereocenters. The van der Waals surface area contributed by atoms with Crippen molar-refractivity contribution < 1.29 is 23.9 Å². The summed E-state index contributed by atoms with van der Waals surface area (Å²) in [6.45, 7) is 15.1. The average Bonchev–Trinajstić information content (AvgIpc) is 2.19. The van der Waals surface area contributed by atoms with E-state index < -0.39 is 38.8 Å². The minimum atomic E-state index is -1.57. The quantitative estimate of drug-likeness (QED) is 0.730. The maximum absolute atomic E-state index is 12.0. The Kier molecular flexibility index (Phi) is 7.57. The first-order chi connectivity index (χ1) is 9.71. The molecule has 0 bridgehead atoms. The summed E-state index contributed by atoms with van der Waals surface area (Å²) < 4.78 is 10.9. The van der Waals surface area contributed by atoms with Gasteiger partial charge in [-0.05, 0) is 45.7 Å². The molecule has 6 nitrogen and oxygen atoms in total. The van der Waals surface area contributed by atoms with Gasteiger partial charge in [-0.25, -0.2) is 9.59 Å². The van der Waals surface area contributed by atoms with E-state index in [-0.39, 0.29) is 5.41 Å². The fourth-order valence-corrected chi connectivity index (χ4v) is 2.86. The van der Waals surface area contributed by atoms with Crippen LogP contribution >= 0.6 is 0 Å². The topological polar surface area (TPSA) is 84.9 Å².